The summed E-state index contributed by atoms with van der Waals surface area (Å²) in [6.45, 7) is 0.314. The smallest absolute Gasteiger partial charge is 0.220 e. The molecule has 1 fully saturated rings. The van der Waals surface area contributed by atoms with Crippen molar-refractivity contribution >= 4 is 23.2 Å². The van der Waals surface area contributed by atoms with Gasteiger partial charge in [0.1, 0.15) is 0 Å². The first-order valence-electron chi connectivity index (χ1n) is 7.05. The SMILES string of the molecule is O=C1CCC(c2cccc(NCc3ccnc(Cl)c3F)c2)N1. The van der Waals surface area contributed by atoms with Gasteiger partial charge in [-0.2, -0.15) is 0 Å². The number of pyridine rings is 1. The number of halogens is 2. The van der Waals surface area contributed by atoms with Gasteiger partial charge in [-0.3, -0.25) is 4.79 Å². The van der Waals surface area contributed by atoms with Crippen LogP contribution in [0.1, 0.15) is 30.0 Å². The van der Waals surface area contributed by atoms with Gasteiger partial charge >= 0.3 is 0 Å². The van der Waals surface area contributed by atoms with Crippen molar-refractivity contribution in [1.29, 1.82) is 0 Å². The van der Waals surface area contributed by atoms with Crippen molar-refractivity contribution in [3.8, 4) is 0 Å². The average molecular weight is 320 g/mol. The van der Waals surface area contributed by atoms with Gasteiger partial charge in [-0.15, -0.1) is 0 Å². The summed E-state index contributed by atoms with van der Waals surface area (Å²) < 4.78 is 13.8. The molecule has 1 aromatic carbocycles. The first-order valence-corrected chi connectivity index (χ1v) is 7.43. The van der Waals surface area contributed by atoms with Gasteiger partial charge in [0.05, 0.1) is 6.04 Å². The minimum Gasteiger partial charge on any atom is -0.381 e. The van der Waals surface area contributed by atoms with Gasteiger partial charge in [-0.1, -0.05) is 23.7 Å². The van der Waals surface area contributed by atoms with E-state index >= 15 is 0 Å². The lowest BCUT2D eigenvalue weighted by Crippen LogP contribution is -2.18. The number of nitrogens with one attached hydrogen (secondary N) is 2. The fourth-order valence-corrected chi connectivity index (χ4v) is 2.70. The van der Waals surface area contributed by atoms with Crippen molar-refractivity contribution in [2.45, 2.75) is 25.4 Å². The Hall–Kier alpha value is -2.14. The van der Waals surface area contributed by atoms with Gasteiger partial charge < -0.3 is 10.6 Å². The van der Waals surface area contributed by atoms with Crippen LogP contribution in [-0.2, 0) is 11.3 Å². The van der Waals surface area contributed by atoms with Crippen LogP contribution >= 0.6 is 11.6 Å². The van der Waals surface area contributed by atoms with E-state index in [9.17, 15) is 9.18 Å². The van der Waals surface area contributed by atoms with E-state index in [1.807, 2.05) is 24.3 Å². The number of carbonyl (C=O) groups is 1. The topological polar surface area (TPSA) is 54.0 Å². The molecule has 1 aromatic heterocycles. The summed E-state index contributed by atoms with van der Waals surface area (Å²) in [5, 5.41) is 5.98. The summed E-state index contributed by atoms with van der Waals surface area (Å²) in [5.41, 5.74) is 2.37. The third kappa shape index (κ3) is 3.20. The molecule has 1 unspecified atom stereocenters. The number of nitrogens with zero attached hydrogens (tertiary/aromatic N) is 1. The molecule has 22 heavy (non-hydrogen) atoms. The fourth-order valence-electron chi connectivity index (χ4n) is 2.52. The van der Waals surface area contributed by atoms with Crippen LogP contribution in [0.4, 0.5) is 10.1 Å². The first-order chi connectivity index (χ1) is 10.6. The molecule has 114 valence electrons. The Kier molecular flexibility index (Phi) is 4.24. The Morgan fingerprint density at radius 3 is 3.05 bits per heavy atom. The maximum Gasteiger partial charge on any atom is 0.220 e. The number of rotatable bonds is 4. The molecule has 4 nitrogen and oxygen atoms in total. The van der Waals surface area contributed by atoms with E-state index < -0.39 is 5.82 Å². The Morgan fingerprint density at radius 2 is 2.27 bits per heavy atom. The standard InChI is InChI=1S/C16H15ClFN3O/c17-16-15(18)11(6-7-19-16)9-20-12-3-1-2-10(8-12)13-4-5-14(22)21-13/h1-3,6-8,13,20H,4-5,9H2,(H,21,22). The first kappa shape index (κ1) is 14.8. The van der Waals surface area contributed by atoms with E-state index in [2.05, 4.69) is 15.6 Å². The molecule has 2 heterocycles. The van der Waals surface area contributed by atoms with E-state index in [1.165, 1.54) is 6.20 Å². The van der Waals surface area contributed by atoms with Crippen LogP contribution in [0.25, 0.3) is 0 Å². The van der Waals surface area contributed by atoms with Crippen LogP contribution in [-0.4, -0.2) is 10.9 Å². The normalized spacial score (nSPS) is 17.4. The van der Waals surface area contributed by atoms with Crippen molar-refractivity contribution < 1.29 is 9.18 Å². The van der Waals surface area contributed by atoms with E-state index in [4.69, 9.17) is 11.6 Å². The number of anilines is 1. The van der Waals surface area contributed by atoms with Crippen LogP contribution in [0.3, 0.4) is 0 Å². The number of carbonyl (C=O) groups excluding carboxylic acids is 1. The molecule has 1 saturated heterocycles. The highest BCUT2D eigenvalue weighted by atomic mass is 35.5. The molecule has 2 N–H and O–H groups in total. The molecule has 1 atom stereocenters. The van der Waals surface area contributed by atoms with Gasteiger partial charge in [0.2, 0.25) is 5.91 Å². The number of aromatic nitrogens is 1. The molecule has 0 aliphatic carbocycles. The summed E-state index contributed by atoms with van der Waals surface area (Å²) in [4.78, 5) is 15.0. The second kappa shape index (κ2) is 6.32. The zero-order chi connectivity index (χ0) is 15.5. The summed E-state index contributed by atoms with van der Waals surface area (Å²) in [5.74, 6) is -0.423. The minimum absolute atomic E-state index is 0.0568. The minimum atomic E-state index is -0.504. The highest BCUT2D eigenvalue weighted by molar-refractivity contribution is 6.29. The number of hydrogen-bond acceptors (Lipinski definition) is 3. The highest BCUT2D eigenvalue weighted by Crippen LogP contribution is 2.26. The number of benzene rings is 1. The third-order valence-electron chi connectivity index (χ3n) is 3.69. The Balaban J connectivity index is 1.70. The largest absolute Gasteiger partial charge is 0.381 e. The summed E-state index contributed by atoms with van der Waals surface area (Å²) >= 11 is 5.67. The van der Waals surface area contributed by atoms with Gasteiger partial charge in [0.25, 0.3) is 0 Å². The lowest BCUT2D eigenvalue weighted by Gasteiger charge is -2.13. The molecule has 2 aromatic rings. The fraction of sp³-hybridized carbons (Fsp3) is 0.250. The maximum absolute atomic E-state index is 13.8. The van der Waals surface area contributed by atoms with Crippen LogP contribution < -0.4 is 10.6 Å². The molecule has 6 heteroatoms. The van der Waals surface area contributed by atoms with E-state index in [0.29, 0.717) is 18.5 Å². The van der Waals surface area contributed by atoms with E-state index in [1.54, 1.807) is 6.07 Å². The summed E-state index contributed by atoms with van der Waals surface area (Å²) in [6, 6.07) is 9.41. The van der Waals surface area contributed by atoms with Crippen LogP contribution in [0.2, 0.25) is 5.15 Å². The van der Waals surface area contributed by atoms with Crippen LogP contribution in [0.15, 0.2) is 36.5 Å². The second-order valence-corrected chi connectivity index (χ2v) is 5.57. The van der Waals surface area contributed by atoms with Crippen molar-refractivity contribution in [3.05, 3.63) is 58.6 Å². The number of hydrogen-bond donors (Lipinski definition) is 2. The van der Waals surface area contributed by atoms with E-state index in [-0.39, 0.29) is 17.1 Å². The number of amides is 1. The van der Waals surface area contributed by atoms with Gasteiger partial charge in [0, 0.05) is 30.4 Å². The zero-order valence-corrected chi connectivity index (χ0v) is 12.5. The maximum atomic E-state index is 13.8. The third-order valence-corrected chi connectivity index (χ3v) is 3.96. The van der Waals surface area contributed by atoms with Gasteiger partial charge in [-0.25, -0.2) is 9.37 Å². The molecule has 1 amide bonds. The quantitative estimate of drug-likeness (QED) is 0.849. The van der Waals surface area contributed by atoms with Crippen LogP contribution in [0, 0.1) is 5.82 Å². The molecule has 1 aliphatic heterocycles. The summed E-state index contributed by atoms with van der Waals surface area (Å²) in [7, 11) is 0. The lowest BCUT2D eigenvalue weighted by atomic mass is 10.0. The monoisotopic (exact) mass is 319 g/mol. The Labute approximate surface area is 132 Å². The van der Waals surface area contributed by atoms with Gasteiger partial charge in [-0.05, 0) is 30.2 Å². The molecule has 0 saturated carbocycles. The van der Waals surface area contributed by atoms with Crippen molar-refractivity contribution in [3.63, 3.8) is 0 Å². The molecule has 0 radical (unpaired) electrons. The second-order valence-electron chi connectivity index (χ2n) is 5.21. The van der Waals surface area contributed by atoms with E-state index in [0.717, 1.165) is 17.7 Å². The zero-order valence-electron chi connectivity index (χ0n) is 11.8. The average Bonchev–Trinajstić information content (AvgIpc) is 2.96. The Bertz CT molecular complexity index is 708. The molecule has 0 spiro atoms. The van der Waals surface area contributed by atoms with Crippen molar-refractivity contribution in [2.75, 3.05) is 5.32 Å². The molecular formula is C16H15ClFN3O. The molecule has 1 aliphatic rings. The molecule has 3 rings (SSSR count). The lowest BCUT2D eigenvalue weighted by molar-refractivity contribution is -0.119. The van der Waals surface area contributed by atoms with Crippen LogP contribution in [0.5, 0.6) is 0 Å². The van der Waals surface area contributed by atoms with Gasteiger partial charge in [0.15, 0.2) is 11.0 Å². The predicted octanol–water partition coefficient (Wildman–Crippen LogP) is 3.44. The van der Waals surface area contributed by atoms with Crippen molar-refractivity contribution in [1.82, 2.24) is 10.3 Å². The predicted molar refractivity (Wildman–Crippen MR) is 83.1 cm³/mol. The molecular weight excluding hydrogens is 305 g/mol. The summed E-state index contributed by atoms with van der Waals surface area (Å²) in [6.07, 6.45) is 2.84. The van der Waals surface area contributed by atoms with Crippen molar-refractivity contribution in [2.24, 2.45) is 0 Å². The molecule has 0 bridgehead atoms. The Morgan fingerprint density at radius 1 is 1.41 bits per heavy atom. The highest BCUT2D eigenvalue weighted by Gasteiger charge is 2.22.